The average Bonchev–Trinajstić information content (AvgIpc) is 2.18. The smallest absolute Gasteiger partial charge is 0.135 e. The fourth-order valence-electron chi connectivity index (χ4n) is 1.34. The van der Waals surface area contributed by atoms with Gasteiger partial charge in [0.15, 0.2) is 0 Å². The van der Waals surface area contributed by atoms with Crippen molar-refractivity contribution in [2.75, 3.05) is 12.9 Å². The minimum Gasteiger partial charge on any atom is -0.495 e. The van der Waals surface area contributed by atoms with Crippen LogP contribution in [0.1, 0.15) is 19.4 Å². The summed E-state index contributed by atoms with van der Waals surface area (Å²) in [5, 5.41) is 0. The number of ether oxygens (including phenoxy) is 1. The molecule has 0 aliphatic heterocycles. The van der Waals surface area contributed by atoms with Crippen LogP contribution in [0.4, 0.5) is 0 Å². The molecule has 2 heteroatoms. The molecule has 0 N–H and O–H groups in total. The van der Waals surface area contributed by atoms with Crippen LogP contribution in [0.15, 0.2) is 23.1 Å². The van der Waals surface area contributed by atoms with E-state index in [1.807, 2.05) is 11.8 Å². The summed E-state index contributed by atoms with van der Waals surface area (Å²) in [5.41, 5.74) is 1.29. The molecule has 0 aliphatic carbocycles. The number of para-hydroxylation sites is 1. The van der Waals surface area contributed by atoms with Crippen molar-refractivity contribution in [2.24, 2.45) is 0 Å². The summed E-state index contributed by atoms with van der Waals surface area (Å²) in [7, 11) is 1.74. The van der Waals surface area contributed by atoms with E-state index in [2.05, 4.69) is 32.0 Å². The zero-order valence-electron chi connectivity index (χ0n) is 8.46. The number of thioether (sulfide) groups is 1. The first-order chi connectivity index (χ1) is 6.33. The van der Waals surface area contributed by atoms with Gasteiger partial charge in [0.2, 0.25) is 0 Å². The van der Waals surface area contributed by atoms with E-state index in [-0.39, 0.29) is 0 Å². The minimum absolute atomic E-state index is 1.03. The lowest BCUT2D eigenvalue weighted by molar-refractivity contribution is 0.400. The first-order valence-electron chi connectivity index (χ1n) is 4.62. The summed E-state index contributed by atoms with van der Waals surface area (Å²) >= 11 is 1.83. The van der Waals surface area contributed by atoms with Crippen LogP contribution >= 0.6 is 11.8 Å². The molecule has 0 amide bonds. The number of benzene rings is 1. The molecule has 0 saturated carbocycles. The number of hydrogen-bond donors (Lipinski definition) is 0. The third-order valence-electron chi connectivity index (χ3n) is 1.95. The van der Waals surface area contributed by atoms with Gasteiger partial charge in [0.25, 0.3) is 0 Å². The van der Waals surface area contributed by atoms with Gasteiger partial charge in [-0.2, -0.15) is 0 Å². The molecule has 1 nitrogen and oxygen atoms in total. The molecule has 1 aromatic rings. The highest BCUT2D eigenvalue weighted by Gasteiger charge is 2.06. The van der Waals surface area contributed by atoms with Crippen LogP contribution in [0.25, 0.3) is 0 Å². The second kappa shape index (κ2) is 5.18. The number of methoxy groups -OCH3 is 1. The van der Waals surface area contributed by atoms with E-state index >= 15 is 0 Å². The normalized spacial score (nSPS) is 10.1. The lowest BCUT2D eigenvalue weighted by Gasteiger charge is -2.10. The topological polar surface area (TPSA) is 9.23 Å². The van der Waals surface area contributed by atoms with Crippen LogP contribution in [-0.2, 0) is 6.42 Å². The van der Waals surface area contributed by atoms with E-state index in [1.165, 1.54) is 10.5 Å². The highest BCUT2D eigenvalue weighted by molar-refractivity contribution is 7.99. The minimum atomic E-state index is 1.03. The van der Waals surface area contributed by atoms with Gasteiger partial charge in [-0.1, -0.05) is 26.0 Å². The van der Waals surface area contributed by atoms with Crippen LogP contribution in [-0.4, -0.2) is 12.9 Å². The van der Waals surface area contributed by atoms with Crippen molar-refractivity contribution in [3.8, 4) is 5.75 Å². The van der Waals surface area contributed by atoms with Gasteiger partial charge in [-0.3, -0.25) is 0 Å². The molecule has 72 valence electrons. The van der Waals surface area contributed by atoms with Crippen LogP contribution in [0, 0.1) is 0 Å². The fraction of sp³-hybridized carbons (Fsp3) is 0.455. The Kier molecular flexibility index (Phi) is 4.16. The van der Waals surface area contributed by atoms with Crippen molar-refractivity contribution in [1.29, 1.82) is 0 Å². The molecule has 0 saturated heterocycles. The quantitative estimate of drug-likeness (QED) is 0.683. The maximum Gasteiger partial charge on any atom is 0.135 e. The molecule has 1 aromatic carbocycles. The van der Waals surface area contributed by atoms with Crippen molar-refractivity contribution in [1.82, 2.24) is 0 Å². The van der Waals surface area contributed by atoms with Crippen LogP contribution in [0.2, 0.25) is 0 Å². The lowest BCUT2D eigenvalue weighted by atomic mass is 10.1. The Labute approximate surface area is 84.5 Å². The molecule has 0 atom stereocenters. The summed E-state index contributed by atoms with van der Waals surface area (Å²) < 4.78 is 5.40. The lowest BCUT2D eigenvalue weighted by Crippen LogP contribution is -1.92. The summed E-state index contributed by atoms with van der Waals surface area (Å²) in [4.78, 5) is 1.25. The van der Waals surface area contributed by atoms with Crippen LogP contribution in [0.5, 0.6) is 5.75 Å². The molecule has 0 heterocycles. The summed E-state index contributed by atoms with van der Waals surface area (Å²) in [5.74, 6) is 2.14. The molecule has 0 unspecified atom stereocenters. The Balaban J connectivity index is 3.03. The Hall–Kier alpha value is -0.630. The third-order valence-corrected chi connectivity index (χ3v) is 2.87. The maximum atomic E-state index is 5.40. The van der Waals surface area contributed by atoms with E-state index in [9.17, 15) is 0 Å². The molecule has 0 bridgehead atoms. The van der Waals surface area contributed by atoms with Gasteiger partial charge in [-0.15, -0.1) is 11.8 Å². The van der Waals surface area contributed by atoms with E-state index in [1.54, 1.807) is 7.11 Å². The summed E-state index contributed by atoms with van der Waals surface area (Å²) in [6.07, 6.45) is 1.03. The Bertz CT molecular complexity index is 271. The van der Waals surface area contributed by atoms with Gasteiger partial charge >= 0.3 is 0 Å². The standard InChI is InChI=1S/C11H16OS/c1-4-9-7-6-8-10(13-5-2)11(9)12-3/h6-8H,4-5H2,1-3H3. The highest BCUT2D eigenvalue weighted by atomic mass is 32.2. The second-order valence-electron chi connectivity index (χ2n) is 2.74. The Morgan fingerprint density at radius 3 is 2.62 bits per heavy atom. The Morgan fingerprint density at radius 2 is 2.08 bits per heavy atom. The predicted octanol–water partition coefficient (Wildman–Crippen LogP) is 3.37. The maximum absolute atomic E-state index is 5.40. The van der Waals surface area contributed by atoms with Gasteiger partial charge in [-0.25, -0.2) is 0 Å². The van der Waals surface area contributed by atoms with Crippen molar-refractivity contribution in [3.05, 3.63) is 23.8 Å². The fourth-order valence-corrected chi connectivity index (χ4v) is 2.17. The van der Waals surface area contributed by atoms with Gasteiger partial charge in [0.1, 0.15) is 5.75 Å². The predicted molar refractivity (Wildman–Crippen MR) is 58.8 cm³/mol. The van der Waals surface area contributed by atoms with Crippen molar-refractivity contribution in [2.45, 2.75) is 25.2 Å². The third kappa shape index (κ3) is 2.41. The summed E-state index contributed by atoms with van der Waals surface area (Å²) in [6.45, 7) is 4.31. The summed E-state index contributed by atoms with van der Waals surface area (Å²) in [6, 6.07) is 6.34. The SMILES string of the molecule is CCSc1cccc(CC)c1OC. The van der Waals surface area contributed by atoms with Crippen molar-refractivity contribution < 1.29 is 4.74 Å². The molecule has 0 aromatic heterocycles. The number of hydrogen-bond acceptors (Lipinski definition) is 2. The molecule has 1 rings (SSSR count). The first kappa shape index (κ1) is 10.5. The monoisotopic (exact) mass is 196 g/mol. The Morgan fingerprint density at radius 1 is 1.31 bits per heavy atom. The number of aryl methyl sites for hydroxylation is 1. The molecule has 0 radical (unpaired) electrons. The average molecular weight is 196 g/mol. The van der Waals surface area contributed by atoms with Gasteiger partial charge in [0, 0.05) is 4.90 Å². The van der Waals surface area contributed by atoms with Crippen molar-refractivity contribution in [3.63, 3.8) is 0 Å². The molecule has 13 heavy (non-hydrogen) atoms. The van der Waals surface area contributed by atoms with E-state index < -0.39 is 0 Å². The molecule has 0 aliphatic rings. The van der Waals surface area contributed by atoms with E-state index in [0.29, 0.717) is 0 Å². The zero-order valence-corrected chi connectivity index (χ0v) is 9.28. The second-order valence-corrected chi connectivity index (χ2v) is 4.04. The van der Waals surface area contributed by atoms with E-state index in [0.717, 1.165) is 17.9 Å². The first-order valence-corrected chi connectivity index (χ1v) is 5.60. The highest BCUT2D eigenvalue weighted by Crippen LogP contribution is 2.32. The largest absolute Gasteiger partial charge is 0.495 e. The van der Waals surface area contributed by atoms with Crippen LogP contribution < -0.4 is 4.74 Å². The molecular weight excluding hydrogens is 180 g/mol. The van der Waals surface area contributed by atoms with Gasteiger partial charge in [0.05, 0.1) is 7.11 Å². The van der Waals surface area contributed by atoms with E-state index in [4.69, 9.17) is 4.74 Å². The van der Waals surface area contributed by atoms with Crippen LogP contribution in [0.3, 0.4) is 0 Å². The molecular formula is C11H16OS. The number of rotatable bonds is 4. The van der Waals surface area contributed by atoms with Gasteiger partial charge in [-0.05, 0) is 23.8 Å². The molecule has 0 spiro atoms. The van der Waals surface area contributed by atoms with Gasteiger partial charge < -0.3 is 4.74 Å². The van der Waals surface area contributed by atoms with Crippen molar-refractivity contribution >= 4 is 11.8 Å². The molecule has 0 fully saturated rings. The zero-order chi connectivity index (χ0) is 9.68.